The molecule has 2 fully saturated rings. The van der Waals surface area contributed by atoms with Gasteiger partial charge >= 0.3 is 0 Å². The van der Waals surface area contributed by atoms with Crippen LogP contribution in [0.15, 0.2) is 18.2 Å². The summed E-state index contributed by atoms with van der Waals surface area (Å²) in [7, 11) is 0. The third-order valence-electron chi connectivity index (χ3n) is 4.50. The quantitative estimate of drug-likeness (QED) is 0.669. The molecule has 3 rings (SSSR count). The van der Waals surface area contributed by atoms with Gasteiger partial charge in [0.15, 0.2) is 0 Å². The summed E-state index contributed by atoms with van der Waals surface area (Å²) in [6.45, 7) is 1.14. The van der Waals surface area contributed by atoms with Crippen LogP contribution in [-0.2, 0) is 0 Å². The summed E-state index contributed by atoms with van der Waals surface area (Å²) in [4.78, 5) is 24.3. The monoisotopic (exact) mass is 310 g/mol. The fourth-order valence-electron chi connectivity index (χ4n) is 3.36. The van der Waals surface area contributed by atoms with Crippen molar-refractivity contribution in [3.05, 3.63) is 38.9 Å². The van der Waals surface area contributed by atoms with E-state index in [9.17, 15) is 20.0 Å². The molecule has 1 saturated carbocycles. The number of aliphatic hydroxyl groups excluding tert-OH is 1. The number of nitro benzene ring substituents is 1. The number of hydrogen-bond donors (Lipinski definition) is 1. The number of non-ortho nitro benzene ring substituents is 1. The van der Waals surface area contributed by atoms with E-state index in [2.05, 4.69) is 0 Å². The lowest BCUT2D eigenvalue weighted by molar-refractivity contribution is -0.384. The zero-order valence-corrected chi connectivity index (χ0v) is 12.0. The predicted molar refractivity (Wildman–Crippen MR) is 76.2 cm³/mol. The first kappa shape index (κ1) is 14.3. The van der Waals surface area contributed by atoms with Crippen molar-refractivity contribution < 1.29 is 14.8 Å². The van der Waals surface area contributed by atoms with Crippen molar-refractivity contribution in [2.75, 3.05) is 13.1 Å². The van der Waals surface area contributed by atoms with Crippen LogP contribution in [0.5, 0.6) is 0 Å². The van der Waals surface area contributed by atoms with Crippen molar-refractivity contribution in [3.63, 3.8) is 0 Å². The first-order chi connectivity index (χ1) is 9.97. The smallest absolute Gasteiger partial charge is 0.270 e. The largest absolute Gasteiger partial charge is 0.393 e. The van der Waals surface area contributed by atoms with E-state index < -0.39 is 4.92 Å². The highest BCUT2D eigenvalue weighted by atomic mass is 35.5. The van der Waals surface area contributed by atoms with Gasteiger partial charge in [-0.05, 0) is 24.8 Å². The minimum atomic E-state index is -0.545. The lowest BCUT2D eigenvalue weighted by Crippen LogP contribution is -2.31. The van der Waals surface area contributed by atoms with Gasteiger partial charge in [0.05, 0.1) is 21.6 Å². The van der Waals surface area contributed by atoms with Gasteiger partial charge < -0.3 is 10.0 Å². The van der Waals surface area contributed by atoms with E-state index in [-0.39, 0.29) is 34.2 Å². The molecule has 21 heavy (non-hydrogen) atoms. The highest BCUT2D eigenvalue weighted by Gasteiger charge is 2.43. The van der Waals surface area contributed by atoms with E-state index in [0.29, 0.717) is 19.0 Å². The van der Waals surface area contributed by atoms with Crippen LogP contribution in [0.3, 0.4) is 0 Å². The van der Waals surface area contributed by atoms with Gasteiger partial charge in [0.2, 0.25) is 0 Å². The zero-order chi connectivity index (χ0) is 15.1. The first-order valence-electron chi connectivity index (χ1n) is 6.88. The Kier molecular flexibility index (Phi) is 3.59. The molecule has 0 spiro atoms. The Hall–Kier alpha value is -1.66. The average molecular weight is 311 g/mol. The highest BCUT2D eigenvalue weighted by Crippen LogP contribution is 2.39. The molecule has 1 amide bonds. The molecule has 1 aliphatic carbocycles. The Bertz CT molecular complexity index is 607. The Morgan fingerprint density at radius 2 is 2.14 bits per heavy atom. The first-order valence-corrected chi connectivity index (χ1v) is 7.26. The standard InChI is InChI=1S/C14H15ClN2O4/c15-12-5-9(17(20)21)2-3-10(12)14(19)16-6-8-1-4-13(18)11(8)7-16/h2-3,5,8,11,13,18H,1,4,6-7H2. The minimum Gasteiger partial charge on any atom is -0.393 e. The van der Waals surface area contributed by atoms with Crippen LogP contribution in [0.2, 0.25) is 5.02 Å². The molecule has 0 aromatic heterocycles. The fourth-order valence-corrected chi connectivity index (χ4v) is 3.62. The maximum absolute atomic E-state index is 12.5. The van der Waals surface area contributed by atoms with Crippen molar-refractivity contribution in [1.82, 2.24) is 4.90 Å². The van der Waals surface area contributed by atoms with Crippen LogP contribution < -0.4 is 0 Å². The molecule has 112 valence electrons. The van der Waals surface area contributed by atoms with Gasteiger partial charge in [-0.3, -0.25) is 14.9 Å². The van der Waals surface area contributed by atoms with Crippen LogP contribution in [0.25, 0.3) is 0 Å². The number of aliphatic hydroxyl groups is 1. The van der Waals surface area contributed by atoms with E-state index in [1.165, 1.54) is 18.2 Å². The normalized spacial score (nSPS) is 27.7. The molecule has 1 aromatic carbocycles. The summed E-state index contributed by atoms with van der Waals surface area (Å²) in [5, 5.41) is 20.7. The number of rotatable bonds is 2. The van der Waals surface area contributed by atoms with E-state index in [1.807, 2.05) is 0 Å². The maximum Gasteiger partial charge on any atom is 0.270 e. The molecule has 1 aliphatic heterocycles. The SMILES string of the molecule is O=C(c1ccc([N+](=O)[O-])cc1Cl)N1CC2CCC(O)C2C1. The van der Waals surface area contributed by atoms with Crippen molar-refractivity contribution in [2.45, 2.75) is 18.9 Å². The van der Waals surface area contributed by atoms with E-state index in [4.69, 9.17) is 11.6 Å². The molecule has 1 aromatic rings. The Morgan fingerprint density at radius 1 is 1.38 bits per heavy atom. The summed E-state index contributed by atoms with van der Waals surface area (Å²) >= 11 is 5.99. The minimum absolute atomic E-state index is 0.0896. The summed E-state index contributed by atoms with van der Waals surface area (Å²) in [5.41, 5.74) is 0.141. The molecule has 6 nitrogen and oxygen atoms in total. The van der Waals surface area contributed by atoms with Gasteiger partial charge in [0.25, 0.3) is 11.6 Å². The second-order valence-electron chi connectivity index (χ2n) is 5.70. The summed E-state index contributed by atoms with van der Waals surface area (Å²) < 4.78 is 0. The topological polar surface area (TPSA) is 83.7 Å². The molecule has 2 aliphatic rings. The zero-order valence-electron chi connectivity index (χ0n) is 11.2. The average Bonchev–Trinajstić information content (AvgIpc) is 3.00. The molecule has 7 heteroatoms. The number of hydrogen-bond acceptors (Lipinski definition) is 4. The number of amides is 1. The number of halogens is 1. The van der Waals surface area contributed by atoms with Crippen LogP contribution >= 0.6 is 11.6 Å². The molecule has 1 saturated heterocycles. The third-order valence-corrected chi connectivity index (χ3v) is 4.81. The van der Waals surface area contributed by atoms with Gasteiger partial charge in [-0.2, -0.15) is 0 Å². The van der Waals surface area contributed by atoms with Crippen LogP contribution in [0.4, 0.5) is 5.69 Å². The van der Waals surface area contributed by atoms with Gasteiger partial charge in [0.1, 0.15) is 0 Å². The second-order valence-corrected chi connectivity index (χ2v) is 6.11. The fraction of sp³-hybridized carbons (Fsp3) is 0.500. The van der Waals surface area contributed by atoms with Crippen LogP contribution in [0.1, 0.15) is 23.2 Å². The maximum atomic E-state index is 12.5. The molecule has 0 radical (unpaired) electrons. The Morgan fingerprint density at radius 3 is 2.76 bits per heavy atom. The number of carbonyl (C=O) groups excluding carboxylic acids is 1. The van der Waals surface area contributed by atoms with E-state index >= 15 is 0 Å². The Balaban J connectivity index is 1.79. The molecule has 3 unspecified atom stereocenters. The van der Waals surface area contributed by atoms with Gasteiger partial charge in [-0.15, -0.1) is 0 Å². The van der Waals surface area contributed by atoms with Crippen molar-refractivity contribution in [2.24, 2.45) is 11.8 Å². The van der Waals surface area contributed by atoms with Crippen LogP contribution in [-0.4, -0.2) is 40.0 Å². The summed E-state index contributed by atoms with van der Waals surface area (Å²) in [6, 6.07) is 3.87. The van der Waals surface area contributed by atoms with E-state index in [1.54, 1.807) is 4.90 Å². The lowest BCUT2D eigenvalue weighted by Gasteiger charge is -2.19. The van der Waals surface area contributed by atoms with Gasteiger partial charge in [-0.25, -0.2) is 0 Å². The van der Waals surface area contributed by atoms with Crippen molar-refractivity contribution in [3.8, 4) is 0 Å². The van der Waals surface area contributed by atoms with Crippen LogP contribution in [0, 0.1) is 22.0 Å². The number of nitrogens with zero attached hydrogens (tertiary/aromatic N) is 2. The number of likely N-dealkylation sites (tertiary alicyclic amines) is 1. The number of nitro groups is 1. The summed E-state index contributed by atoms with van der Waals surface area (Å²) in [6.07, 6.45) is 1.40. The van der Waals surface area contributed by atoms with Crippen molar-refractivity contribution >= 4 is 23.2 Å². The number of fused-ring (bicyclic) bond motifs is 1. The number of benzene rings is 1. The molecular formula is C14H15ClN2O4. The lowest BCUT2D eigenvalue weighted by atomic mass is 10.00. The molecule has 3 atom stereocenters. The molecular weight excluding hydrogens is 296 g/mol. The van der Waals surface area contributed by atoms with E-state index in [0.717, 1.165) is 12.8 Å². The van der Waals surface area contributed by atoms with Gasteiger partial charge in [0, 0.05) is 31.1 Å². The van der Waals surface area contributed by atoms with Crippen molar-refractivity contribution in [1.29, 1.82) is 0 Å². The third kappa shape index (κ3) is 2.49. The van der Waals surface area contributed by atoms with Gasteiger partial charge in [-0.1, -0.05) is 11.6 Å². The predicted octanol–water partition coefficient (Wildman–Crippen LogP) is 2.09. The second kappa shape index (κ2) is 5.27. The number of carbonyl (C=O) groups is 1. The Labute approximate surface area is 126 Å². The highest BCUT2D eigenvalue weighted by molar-refractivity contribution is 6.34. The molecule has 1 heterocycles. The molecule has 1 N–H and O–H groups in total. The summed E-state index contributed by atoms with van der Waals surface area (Å²) in [5.74, 6) is 0.267. The molecule has 0 bridgehead atoms.